The minimum absolute atomic E-state index is 0.0701. The van der Waals surface area contributed by atoms with Crippen LogP contribution in [0.3, 0.4) is 0 Å². The highest BCUT2D eigenvalue weighted by Crippen LogP contribution is 2.29. The molecule has 0 atom stereocenters. The topological polar surface area (TPSA) is 58.6 Å². The van der Waals surface area contributed by atoms with Gasteiger partial charge in [-0.1, -0.05) is 12.1 Å². The van der Waals surface area contributed by atoms with Crippen LogP contribution in [0.15, 0.2) is 47.4 Å². The highest BCUT2D eigenvalue weighted by molar-refractivity contribution is 7.92. The van der Waals surface area contributed by atoms with Gasteiger partial charge in [-0.05, 0) is 42.8 Å². The summed E-state index contributed by atoms with van der Waals surface area (Å²) < 4.78 is 46.6. The third-order valence-electron chi connectivity index (χ3n) is 3.93. The third-order valence-corrected chi connectivity index (χ3v) is 5.45. The zero-order valence-electron chi connectivity index (χ0n) is 13.3. The summed E-state index contributed by atoms with van der Waals surface area (Å²) in [5.74, 6) is -0.458. The first-order valence-electron chi connectivity index (χ1n) is 7.68. The number of nitrogens with one attached hydrogen (secondary N) is 1. The Kier molecular flexibility index (Phi) is 4.73. The number of ether oxygens (including phenoxy) is 1. The van der Waals surface area contributed by atoms with Crippen LogP contribution in [0.25, 0.3) is 0 Å². The van der Waals surface area contributed by atoms with Crippen LogP contribution in [-0.4, -0.2) is 34.7 Å². The SMILES string of the molecule is Cc1cc(F)ccc1S(=O)(=O)Nc1ccccc1N1CCOCC1. The lowest BCUT2D eigenvalue weighted by Crippen LogP contribution is -2.36. The van der Waals surface area contributed by atoms with Gasteiger partial charge in [0.25, 0.3) is 10.0 Å². The Labute approximate surface area is 141 Å². The molecule has 2 aromatic rings. The fourth-order valence-corrected chi connectivity index (χ4v) is 4.06. The van der Waals surface area contributed by atoms with Gasteiger partial charge in [0.2, 0.25) is 0 Å². The van der Waals surface area contributed by atoms with Crippen LogP contribution < -0.4 is 9.62 Å². The van der Waals surface area contributed by atoms with Crippen LogP contribution in [0.4, 0.5) is 15.8 Å². The second kappa shape index (κ2) is 6.78. The van der Waals surface area contributed by atoms with E-state index in [1.807, 2.05) is 12.1 Å². The molecular weight excluding hydrogens is 331 g/mol. The van der Waals surface area contributed by atoms with Crippen molar-refractivity contribution in [2.75, 3.05) is 35.9 Å². The molecule has 128 valence electrons. The van der Waals surface area contributed by atoms with Crippen LogP contribution in [-0.2, 0) is 14.8 Å². The van der Waals surface area contributed by atoms with Crippen molar-refractivity contribution in [1.82, 2.24) is 0 Å². The summed E-state index contributed by atoms with van der Waals surface area (Å²) >= 11 is 0. The van der Waals surface area contributed by atoms with Gasteiger partial charge in [0.15, 0.2) is 0 Å². The molecule has 1 N–H and O–H groups in total. The predicted molar refractivity (Wildman–Crippen MR) is 91.4 cm³/mol. The molecule has 1 fully saturated rings. The van der Waals surface area contributed by atoms with Gasteiger partial charge in [-0.3, -0.25) is 4.72 Å². The maximum Gasteiger partial charge on any atom is 0.262 e. The van der Waals surface area contributed by atoms with Crippen LogP contribution in [0.5, 0.6) is 0 Å². The highest BCUT2D eigenvalue weighted by Gasteiger charge is 2.21. The van der Waals surface area contributed by atoms with Gasteiger partial charge in [-0.15, -0.1) is 0 Å². The summed E-state index contributed by atoms with van der Waals surface area (Å²) in [5, 5.41) is 0. The van der Waals surface area contributed by atoms with Crippen molar-refractivity contribution in [2.45, 2.75) is 11.8 Å². The molecular formula is C17H19FN2O3S. The van der Waals surface area contributed by atoms with Crippen LogP contribution >= 0.6 is 0 Å². The van der Waals surface area contributed by atoms with Gasteiger partial charge in [-0.25, -0.2) is 12.8 Å². The molecule has 24 heavy (non-hydrogen) atoms. The summed E-state index contributed by atoms with van der Waals surface area (Å²) in [6.45, 7) is 4.20. The largest absolute Gasteiger partial charge is 0.378 e. The molecule has 1 heterocycles. The third kappa shape index (κ3) is 3.52. The van der Waals surface area contributed by atoms with E-state index in [2.05, 4.69) is 9.62 Å². The van der Waals surface area contributed by atoms with E-state index in [1.54, 1.807) is 19.1 Å². The van der Waals surface area contributed by atoms with E-state index < -0.39 is 15.8 Å². The minimum atomic E-state index is -3.80. The zero-order chi connectivity index (χ0) is 17.2. The van der Waals surface area contributed by atoms with Crippen molar-refractivity contribution in [1.29, 1.82) is 0 Å². The van der Waals surface area contributed by atoms with E-state index in [1.165, 1.54) is 12.1 Å². The molecule has 0 bridgehead atoms. The fourth-order valence-electron chi connectivity index (χ4n) is 2.75. The van der Waals surface area contributed by atoms with E-state index in [0.29, 0.717) is 37.6 Å². The molecule has 7 heteroatoms. The smallest absolute Gasteiger partial charge is 0.262 e. The standard InChI is InChI=1S/C17H19FN2O3S/c1-13-12-14(18)6-7-17(13)24(21,22)19-15-4-2-3-5-16(15)20-8-10-23-11-9-20/h2-7,12,19H,8-11H2,1H3. The average molecular weight is 350 g/mol. The van der Waals surface area contributed by atoms with Crippen molar-refractivity contribution < 1.29 is 17.5 Å². The van der Waals surface area contributed by atoms with Crippen LogP contribution in [0, 0.1) is 12.7 Å². The summed E-state index contributed by atoms with van der Waals surface area (Å²) in [6, 6.07) is 10.9. The molecule has 5 nitrogen and oxygen atoms in total. The Bertz CT molecular complexity index is 833. The molecule has 1 saturated heterocycles. The molecule has 0 unspecified atom stereocenters. The van der Waals surface area contributed by atoms with E-state index in [4.69, 9.17) is 4.74 Å². The normalized spacial score (nSPS) is 15.3. The summed E-state index contributed by atoms with van der Waals surface area (Å²) in [5.41, 5.74) is 1.68. The maximum absolute atomic E-state index is 13.2. The zero-order valence-corrected chi connectivity index (χ0v) is 14.1. The van der Waals surface area contributed by atoms with Crippen LogP contribution in [0.1, 0.15) is 5.56 Å². The number of benzene rings is 2. The van der Waals surface area contributed by atoms with Crippen molar-refractivity contribution in [3.63, 3.8) is 0 Å². The molecule has 0 aliphatic carbocycles. The minimum Gasteiger partial charge on any atom is -0.378 e. The number of sulfonamides is 1. The molecule has 0 amide bonds. The summed E-state index contributed by atoms with van der Waals surface area (Å²) in [4.78, 5) is 2.15. The number of nitrogens with zero attached hydrogens (tertiary/aromatic N) is 1. The second-order valence-electron chi connectivity index (χ2n) is 5.63. The quantitative estimate of drug-likeness (QED) is 0.921. The lowest BCUT2D eigenvalue weighted by molar-refractivity contribution is 0.123. The highest BCUT2D eigenvalue weighted by atomic mass is 32.2. The first-order chi connectivity index (χ1) is 11.5. The van der Waals surface area contributed by atoms with Gasteiger partial charge < -0.3 is 9.64 Å². The van der Waals surface area contributed by atoms with Crippen molar-refractivity contribution >= 4 is 21.4 Å². The number of morpholine rings is 1. The molecule has 0 radical (unpaired) electrons. The van der Waals surface area contributed by atoms with Crippen molar-refractivity contribution in [3.05, 3.63) is 53.8 Å². The maximum atomic E-state index is 13.2. The average Bonchev–Trinajstić information content (AvgIpc) is 2.55. The lowest BCUT2D eigenvalue weighted by atomic mass is 10.2. The Morgan fingerprint density at radius 2 is 1.83 bits per heavy atom. The Morgan fingerprint density at radius 3 is 2.54 bits per heavy atom. The van der Waals surface area contributed by atoms with Gasteiger partial charge in [0.05, 0.1) is 29.5 Å². The summed E-state index contributed by atoms with van der Waals surface area (Å²) in [7, 11) is -3.80. The molecule has 3 rings (SSSR count). The first kappa shape index (κ1) is 16.7. The molecule has 1 aliphatic rings. The lowest BCUT2D eigenvalue weighted by Gasteiger charge is -2.30. The number of anilines is 2. The monoisotopic (exact) mass is 350 g/mol. The second-order valence-corrected chi connectivity index (χ2v) is 7.28. The summed E-state index contributed by atoms with van der Waals surface area (Å²) in [6.07, 6.45) is 0. The van der Waals surface area contributed by atoms with E-state index >= 15 is 0 Å². The van der Waals surface area contributed by atoms with Gasteiger partial charge in [-0.2, -0.15) is 0 Å². The van der Waals surface area contributed by atoms with Crippen molar-refractivity contribution in [3.8, 4) is 0 Å². The predicted octanol–water partition coefficient (Wildman–Crippen LogP) is 2.77. The van der Waals surface area contributed by atoms with E-state index in [9.17, 15) is 12.8 Å². The van der Waals surface area contributed by atoms with Crippen molar-refractivity contribution in [2.24, 2.45) is 0 Å². The number of halogens is 1. The van der Waals surface area contributed by atoms with E-state index in [-0.39, 0.29) is 4.90 Å². The van der Waals surface area contributed by atoms with Gasteiger partial charge in [0, 0.05) is 13.1 Å². The Balaban J connectivity index is 1.93. The number of aryl methyl sites for hydroxylation is 1. The van der Waals surface area contributed by atoms with E-state index in [0.717, 1.165) is 11.8 Å². The molecule has 0 saturated carbocycles. The number of rotatable bonds is 4. The van der Waals surface area contributed by atoms with Gasteiger partial charge >= 0.3 is 0 Å². The molecule has 0 spiro atoms. The fraction of sp³-hybridized carbons (Fsp3) is 0.294. The number of para-hydroxylation sites is 2. The Morgan fingerprint density at radius 1 is 1.12 bits per heavy atom. The molecule has 1 aliphatic heterocycles. The molecule has 0 aromatic heterocycles. The Hall–Kier alpha value is -2.12. The van der Waals surface area contributed by atoms with Gasteiger partial charge in [0.1, 0.15) is 5.82 Å². The number of hydrogen-bond donors (Lipinski definition) is 1. The van der Waals surface area contributed by atoms with Crippen LogP contribution in [0.2, 0.25) is 0 Å². The number of hydrogen-bond acceptors (Lipinski definition) is 4. The molecule has 2 aromatic carbocycles. The first-order valence-corrected chi connectivity index (χ1v) is 9.16.